The van der Waals surface area contributed by atoms with Gasteiger partial charge in [0.25, 0.3) is 0 Å². The van der Waals surface area contributed by atoms with Gasteiger partial charge in [-0.3, -0.25) is 4.90 Å². The summed E-state index contributed by atoms with van der Waals surface area (Å²) in [5.74, 6) is 0.871. The molecular weight excluding hydrogens is 520 g/mol. The van der Waals surface area contributed by atoms with Crippen LogP contribution in [0.5, 0.6) is 5.75 Å². The van der Waals surface area contributed by atoms with Crippen molar-refractivity contribution in [2.45, 2.75) is 6.42 Å². The molecule has 1 saturated heterocycles. The van der Waals surface area contributed by atoms with Crippen molar-refractivity contribution in [3.63, 3.8) is 0 Å². The molecule has 3 aromatic carbocycles. The number of urea groups is 1. The summed E-state index contributed by atoms with van der Waals surface area (Å²) in [6, 6.07) is 22.4. The Balaban J connectivity index is 1.11. The van der Waals surface area contributed by atoms with E-state index in [1.807, 2.05) is 53.9 Å². The Bertz CT molecular complexity index is 1320. The van der Waals surface area contributed by atoms with Gasteiger partial charge >= 0.3 is 6.03 Å². The number of hydrogen-bond acceptors (Lipinski definition) is 6. The lowest BCUT2D eigenvalue weighted by atomic mass is 10.1. The minimum absolute atomic E-state index is 0.319. The summed E-state index contributed by atoms with van der Waals surface area (Å²) in [6.45, 7) is 5.41. The Hall–Kier alpha value is -3.43. The van der Waals surface area contributed by atoms with Crippen LogP contribution in [-0.2, 0) is 4.74 Å². The van der Waals surface area contributed by atoms with E-state index in [0.29, 0.717) is 23.0 Å². The summed E-state index contributed by atoms with van der Waals surface area (Å²) < 4.78 is 11.3. The molecule has 1 fully saturated rings. The van der Waals surface area contributed by atoms with Gasteiger partial charge in [0.2, 0.25) is 0 Å². The van der Waals surface area contributed by atoms with E-state index in [4.69, 9.17) is 26.1 Å². The lowest BCUT2D eigenvalue weighted by molar-refractivity contribution is 0.0358. The first-order valence-corrected chi connectivity index (χ1v) is 13.8. The number of ether oxygens (including phenoxy) is 2. The van der Waals surface area contributed by atoms with Crippen LogP contribution in [-0.4, -0.2) is 55.4 Å². The minimum Gasteiger partial charge on any atom is -0.494 e. The van der Waals surface area contributed by atoms with Crippen LogP contribution in [0.2, 0.25) is 5.02 Å². The Labute approximate surface area is 231 Å². The summed E-state index contributed by atoms with van der Waals surface area (Å²) in [5.41, 5.74) is 4.29. The Kier molecular flexibility index (Phi) is 8.88. The number of amides is 2. The zero-order chi connectivity index (χ0) is 26.2. The van der Waals surface area contributed by atoms with Crippen LogP contribution < -0.4 is 15.4 Å². The molecule has 1 aromatic heterocycles. The molecule has 1 aliphatic heterocycles. The predicted molar refractivity (Wildman–Crippen MR) is 154 cm³/mol. The number of morpholine rings is 1. The number of nitrogens with one attached hydrogen (secondary N) is 2. The van der Waals surface area contributed by atoms with E-state index in [1.54, 1.807) is 35.6 Å². The van der Waals surface area contributed by atoms with Gasteiger partial charge in [-0.2, -0.15) is 0 Å². The SMILES string of the molecule is O=C(Nc1ccc(Cl)cc1)Nc1ccc(-c2csc(-c3ccc(OCCCN4CCOCC4)cc3)n2)cc1. The van der Waals surface area contributed by atoms with Crippen molar-refractivity contribution in [2.24, 2.45) is 0 Å². The van der Waals surface area contributed by atoms with E-state index in [2.05, 4.69) is 15.5 Å². The quantitative estimate of drug-likeness (QED) is 0.223. The monoisotopic (exact) mass is 548 g/mol. The van der Waals surface area contributed by atoms with E-state index in [9.17, 15) is 4.79 Å². The molecule has 9 heteroatoms. The number of halogens is 1. The molecule has 5 rings (SSSR count). The highest BCUT2D eigenvalue weighted by molar-refractivity contribution is 7.13. The average molecular weight is 549 g/mol. The second-order valence-electron chi connectivity index (χ2n) is 8.88. The maximum atomic E-state index is 12.3. The molecular formula is C29H29ClN4O3S. The molecule has 0 radical (unpaired) electrons. The zero-order valence-electron chi connectivity index (χ0n) is 20.9. The number of thiazole rings is 1. The van der Waals surface area contributed by atoms with E-state index >= 15 is 0 Å². The topological polar surface area (TPSA) is 75.7 Å². The zero-order valence-corrected chi connectivity index (χ0v) is 22.4. The summed E-state index contributed by atoms with van der Waals surface area (Å²) in [6.07, 6.45) is 0.999. The van der Waals surface area contributed by atoms with Gasteiger partial charge < -0.3 is 20.1 Å². The third-order valence-electron chi connectivity index (χ3n) is 6.14. The molecule has 0 aliphatic carbocycles. The fraction of sp³-hybridized carbons (Fsp3) is 0.241. The first kappa shape index (κ1) is 26.2. The van der Waals surface area contributed by atoms with E-state index in [-0.39, 0.29) is 6.03 Å². The number of benzene rings is 3. The van der Waals surface area contributed by atoms with E-state index in [1.165, 1.54) is 0 Å². The Morgan fingerprint density at radius 3 is 2.24 bits per heavy atom. The average Bonchev–Trinajstić information content (AvgIpc) is 3.44. The molecule has 0 atom stereocenters. The standard InChI is InChI=1S/C29H29ClN4O3S/c30-23-6-10-25(11-7-23)32-29(35)31-24-8-2-21(3-9-24)27-20-38-28(33-27)22-4-12-26(13-5-22)37-17-1-14-34-15-18-36-19-16-34/h2-13,20H,1,14-19H2,(H2,31,32,35). The van der Waals surface area contributed by atoms with Crippen LogP contribution in [0.25, 0.3) is 21.8 Å². The molecule has 0 saturated carbocycles. The fourth-order valence-corrected chi connectivity index (χ4v) is 5.05. The Morgan fingerprint density at radius 1 is 0.921 bits per heavy atom. The third-order valence-corrected chi connectivity index (χ3v) is 7.28. The number of rotatable bonds is 9. The summed E-state index contributed by atoms with van der Waals surface area (Å²) in [7, 11) is 0. The minimum atomic E-state index is -0.319. The molecule has 2 heterocycles. The van der Waals surface area contributed by atoms with Crippen molar-refractivity contribution < 1.29 is 14.3 Å². The molecule has 2 amide bonds. The molecule has 0 bridgehead atoms. The number of hydrogen-bond donors (Lipinski definition) is 2. The highest BCUT2D eigenvalue weighted by Crippen LogP contribution is 2.30. The van der Waals surface area contributed by atoms with Crippen molar-refractivity contribution in [1.29, 1.82) is 0 Å². The van der Waals surface area contributed by atoms with Gasteiger partial charge in [-0.1, -0.05) is 23.7 Å². The van der Waals surface area contributed by atoms with Gasteiger partial charge in [0, 0.05) is 52.5 Å². The van der Waals surface area contributed by atoms with Gasteiger partial charge in [0.1, 0.15) is 10.8 Å². The van der Waals surface area contributed by atoms with E-state index in [0.717, 1.165) is 66.8 Å². The van der Waals surface area contributed by atoms with Gasteiger partial charge in [0.15, 0.2) is 0 Å². The van der Waals surface area contributed by atoms with Crippen LogP contribution in [0.1, 0.15) is 6.42 Å². The smallest absolute Gasteiger partial charge is 0.323 e. The first-order valence-electron chi connectivity index (χ1n) is 12.6. The van der Waals surface area contributed by atoms with Crippen LogP contribution >= 0.6 is 22.9 Å². The van der Waals surface area contributed by atoms with Crippen molar-refractivity contribution in [2.75, 3.05) is 50.1 Å². The number of aromatic nitrogens is 1. The maximum absolute atomic E-state index is 12.3. The van der Waals surface area contributed by atoms with Crippen LogP contribution in [0.3, 0.4) is 0 Å². The largest absolute Gasteiger partial charge is 0.494 e. The molecule has 4 aromatic rings. The summed E-state index contributed by atoms with van der Waals surface area (Å²) in [5, 5.41) is 9.23. The highest BCUT2D eigenvalue weighted by atomic mass is 35.5. The third kappa shape index (κ3) is 7.33. The molecule has 1 aliphatic rings. The van der Waals surface area contributed by atoms with Gasteiger partial charge in [-0.05, 0) is 67.1 Å². The molecule has 7 nitrogen and oxygen atoms in total. The van der Waals surface area contributed by atoms with Crippen LogP contribution in [0, 0.1) is 0 Å². The number of anilines is 2. The second-order valence-corrected chi connectivity index (χ2v) is 10.2. The molecule has 0 unspecified atom stereocenters. The normalized spacial score (nSPS) is 13.7. The second kappa shape index (κ2) is 12.9. The summed E-state index contributed by atoms with van der Waals surface area (Å²) in [4.78, 5) is 19.5. The van der Waals surface area contributed by atoms with Gasteiger partial charge in [-0.15, -0.1) is 11.3 Å². The summed E-state index contributed by atoms with van der Waals surface area (Å²) >= 11 is 7.49. The Morgan fingerprint density at radius 2 is 1.55 bits per heavy atom. The molecule has 38 heavy (non-hydrogen) atoms. The fourth-order valence-electron chi connectivity index (χ4n) is 4.09. The van der Waals surface area contributed by atoms with E-state index < -0.39 is 0 Å². The van der Waals surface area contributed by atoms with Crippen LogP contribution in [0.15, 0.2) is 78.2 Å². The highest BCUT2D eigenvalue weighted by Gasteiger charge is 2.10. The molecule has 196 valence electrons. The van der Waals surface area contributed by atoms with Crippen molar-refractivity contribution in [1.82, 2.24) is 9.88 Å². The van der Waals surface area contributed by atoms with Crippen LogP contribution in [0.4, 0.5) is 16.2 Å². The lowest BCUT2D eigenvalue weighted by Crippen LogP contribution is -2.37. The van der Waals surface area contributed by atoms with Crippen molar-refractivity contribution >= 4 is 40.3 Å². The number of nitrogens with zero attached hydrogens (tertiary/aromatic N) is 2. The first-order chi connectivity index (χ1) is 18.6. The maximum Gasteiger partial charge on any atom is 0.323 e. The predicted octanol–water partition coefficient (Wildman–Crippen LogP) is 6.88. The molecule has 0 spiro atoms. The number of carbonyl (C=O) groups is 1. The van der Waals surface area contributed by atoms with Gasteiger partial charge in [-0.25, -0.2) is 9.78 Å². The van der Waals surface area contributed by atoms with Gasteiger partial charge in [0.05, 0.1) is 25.5 Å². The van der Waals surface area contributed by atoms with Crippen molar-refractivity contribution in [3.8, 4) is 27.6 Å². The molecule has 2 N–H and O–H groups in total. The number of carbonyl (C=O) groups excluding carboxylic acids is 1. The van der Waals surface area contributed by atoms with Crippen molar-refractivity contribution in [3.05, 3.63) is 83.2 Å². The lowest BCUT2D eigenvalue weighted by Gasteiger charge is -2.26.